The highest BCUT2D eigenvalue weighted by Gasteiger charge is 2.46. The van der Waals surface area contributed by atoms with Gasteiger partial charge in [0, 0.05) is 29.2 Å². The summed E-state index contributed by atoms with van der Waals surface area (Å²) >= 11 is 1.56. The van der Waals surface area contributed by atoms with Crippen molar-refractivity contribution in [1.82, 2.24) is 4.90 Å². The number of benzene rings is 2. The fourth-order valence-electron chi connectivity index (χ4n) is 4.48. The maximum absolute atomic E-state index is 14.1. The van der Waals surface area contributed by atoms with Crippen LogP contribution in [0.3, 0.4) is 0 Å². The van der Waals surface area contributed by atoms with Crippen LogP contribution in [0.4, 0.5) is 10.1 Å². The number of amides is 2. The molecule has 1 aromatic heterocycles. The fourth-order valence-corrected chi connectivity index (χ4v) is 5.36. The Kier molecular flexibility index (Phi) is 6.42. The lowest BCUT2D eigenvalue weighted by Gasteiger charge is -2.43. The van der Waals surface area contributed by atoms with Crippen LogP contribution in [0.15, 0.2) is 66.0 Å². The summed E-state index contributed by atoms with van der Waals surface area (Å²) in [6, 6.07) is 17.0. The van der Waals surface area contributed by atoms with Crippen LogP contribution in [0.5, 0.6) is 0 Å². The number of halogens is 1. The molecule has 0 radical (unpaired) electrons. The first-order valence-corrected chi connectivity index (χ1v) is 11.8. The average molecular weight is 451 g/mol. The molecule has 0 spiro atoms. The van der Waals surface area contributed by atoms with Gasteiger partial charge in [0.15, 0.2) is 0 Å². The Balaban J connectivity index is 1.87. The number of likely N-dealkylation sites (N-methyl/N-ethyl adjacent to an activating group) is 1. The van der Waals surface area contributed by atoms with Crippen molar-refractivity contribution in [3.63, 3.8) is 0 Å². The van der Waals surface area contributed by atoms with Crippen molar-refractivity contribution >= 4 is 28.8 Å². The minimum absolute atomic E-state index is 0.0402. The number of rotatable bonds is 6. The van der Waals surface area contributed by atoms with E-state index in [9.17, 15) is 14.0 Å². The van der Waals surface area contributed by atoms with E-state index in [4.69, 9.17) is 0 Å². The molecular weight excluding hydrogens is 423 g/mol. The third-order valence-electron chi connectivity index (χ3n) is 5.82. The number of carbonyl (C=O) groups is 2. The van der Waals surface area contributed by atoms with Crippen molar-refractivity contribution in [2.75, 3.05) is 18.0 Å². The maximum atomic E-state index is 14.1. The second-order valence-corrected chi connectivity index (χ2v) is 9.41. The van der Waals surface area contributed by atoms with Crippen molar-refractivity contribution in [2.24, 2.45) is 5.92 Å². The molecular formula is C26H27FN2O2S. The lowest BCUT2D eigenvalue weighted by Crippen LogP contribution is -2.49. The normalized spacial score (nSPS) is 18.0. The fraction of sp³-hybridized carbons (Fsp3) is 0.308. The van der Waals surface area contributed by atoms with E-state index < -0.39 is 5.92 Å². The third-order valence-corrected chi connectivity index (χ3v) is 6.76. The average Bonchev–Trinajstić information content (AvgIpc) is 3.31. The summed E-state index contributed by atoms with van der Waals surface area (Å²) in [5.41, 5.74) is 1.98. The van der Waals surface area contributed by atoms with E-state index >= 15 is 0 Å². The topological polar surface area (TPSA) is 40.6 Å². The van der Waals surface area contributed by atoms with Crippen LogP contribution in [-0.4, -0.2) is 29.8 Å². The summed E-state index contributed by atoms with van der Waals surface area (Å²) in [5, 5.41) is 1.98. The summed E-state index contributed by atoms with van der Waals surface area (Å²) in [6.45, 7) is 7.06. The van der Waals surface area contributed by atoms with Crippen LogP contribution < -0.4 is 4.90 Å². The van der Waals surface area contributed by atoms with Gasteiger partial charge in [-0.2, -0.15) is 0 Å². The van der Waals surface area contributed by atoms with Crippen molar-refractivity contribution in [3.05, 3.63) is 87.9 Å². The molecule has 4 nitrogen and oxygen atoms in total. The SMILES string of the molecule is CCN(C(=O)[C@H]1c2ccccc2C(=O)N(CC(C)C)[C@H]1c1cccs1)c1ccc(F)cc1. The summed E-state index contributed by atoms with van der Waals surface area (Å²) in [7, 11) is 0. The van der Waals surface area contributed by atoms with E-state index in [0.717, 1.165) is 10.4 Å². The molecule has 2 heterocycles. The summed E-state index contributed by atoms with van der Waals surface area (Å²) in [5.74, 6) is -0.772. The third kappa shape index (κ3) is 4.07. The first-order valence-electron chi connectivity index (χ1n) is 10.9. The zero-order chi connectivity index (χ0) is 22.8. The Morgan fingerprint density at radius 1 is 1.09 bits per heavy atom. The summed E-state index contributed by atoms with van der Waals surface area (Å²) in [6.07, 6.45) is 0. The van der Waals surface area contributed by atoms with Crippen LogP contribution >= 0.6 is 11.3 Å². The van der Waals surface area contributed by atoms with Crippen molar-refractivity contribution < 1.29 is 14.0 Å². The van der Waals surface area contributed by atoms with Gasteiger partial charge in [-0.25, -0.2) is 4.39 Å². The van der Waals surface area contributed by atoms with E-state index in [1.165, 1.54) is 12.1 Å². The minimum atomic E-state index is -0.550. The highest BCUT2D eigenvalue weighted by Crippen LogP contribution is 2.45. The number of hydrogen-bond acceptors (Lipinski definition) is 3. The highest BCUT2D eigenvalue weighted by molar-refractivity contribution is 7.10. The van der Waals surface area contributed by atoms with Crippen molar-refractivity contribution in [3.8, 4) is 0 Å². The number of fused-ring (bicyclic) bond motifs is 1. The lowest BCUT2D eigenvalue weighted by atomic mass is 9.80. The molecule has 166 valence electrons. The lowest BCUT2D eigenvalue weighted by molar-refractivity contribution is -0.121. The van der Waals surface area contributed by atoms with Crippen LogP contribution in [-0.2, 0) is 4.79 Å². The molecule has 3 aromatic rings. The Bertz CT molecular complexity index is 1100. The molecule has 0 N–H and O–H groups in total. The molecule has 0 unspecified atom stereocenters. The molecule has 0 aliphatic carbocycles. The van der Waals surface area contributed by atoms with Crippen molar-refractivity contribution in [2.45, 2.75) is 32.7 Å². The maximum Gasteiger partial charge on any atom is 0.254 e. The van der Waals surface area contributed by atoms with Gasteiger partial charge in [0.25, 0.3) is 5.91 Å². The molecule has 6 heteroatoms. The van der Waals surface area contributed by atoms with Crippen LogP contribution in [0.1, 0.15) is 53.5 Å². The van der Waals surface area contributed by atoms with Crippen molar-refractivity contribution in [1.29, 1.82) is 0 Å². The second-order valence-electron chi connectivity index (χ2n) is 8.44. The smallest absolute Gasteiger partial charge is 0.254 e. The number of nitrogens with zero attached hydrogens (tertiary/aromatic N) is 2. The van der Waals surface area contributed by atoms with E-state index in [-0.39, 0.29) is 29.6 Å². The first-order chi connectivity index (χ1) is 15.4. The van der Waals surface area contributed by atoms with Gasteiger partial charge in [-0.3, -0.25) is 9.59 Å². The predicted octanol–water partition coefficient (Wildman–Crippen LogP) is 5.88. The van der Waals surface area contributed by atoms with Crippen LogP contribution in [0.2, 0.25) is 0 Å². The number of anilines is 1. The molecule has 2 atom stereocenters. The van der Waals surface area contributed by atoms with Crippen LogP contribution in [0, 0.1) is 11.7 Å². The Morgan fingerprint density at radius 2 is 1.81 bits per heavy atom. The standard InChI is InChI=1S/C26H27FN2O2S/c1-4-28(19-13-11-18(27)12-14-19)26(31)23-20-8-5-6-9-21(20)25(30)29(16-17(2)3)24(23)22-10-7-15-32-22/h5-15,17,23-24H,4,16H2,1-3H3/t23-,24-/m0/s1. The predicted molar refractivity (Wildman–Crippen MR) is 127 cm³/mol. The monoisotopic (exact) mass is 450 g/mol. The van der Waals surface area contributed by atoms with Gasteiger partial charge >= 0.3 is 0 Å². The van der Waals surface area contributed by atoms with Gasteiger partial charge < -0.3 is 9.80 Å². The van der Waals surface area contributed by atoms with E-state index in [0.29, 0.717) is 24.3 Å². The molecule has 0 saturated heterocycles. The zero-order valence-electron chi connectivity index (χ0n) is 18.5. The highest BCUT2D eigenvalue weighted by atomic mass is 32.1. The largest absolute Gasteiger partial charge is 0.329 e. The Hall–Kier alpha value is -2.99. The zero-order valence-corrected chi connectivity index (χ0v) is 19.3. The molecule has 0 bridgehead atoms. The van der Waals surface area contributed by atoms with Gasteiger partial charge in [-0.15, -0.1) is 11.3 Å². The van der Waals surface area contributed by atoms with Gasteiger partial charge in [0.2, 0.25) is 5.91 Å². The van der Waals surface area contributed by atoms with Gasteiger partial charge in [0.1, 0.15) is 5.82 Å². The summed E-state index contributed by atoms with van der Waals surface area (Å²) < 4.78 is 13.5. The molecule has 4 rings (SSSR count). The molecule has 1 aliphatic heterocycles. The number of hydrogen-bond donors (Lipinski definition) is 0. The van der Waals surface area contributed by atoms with E-state index in [2.05, 4.69) is 13.8 Å². The molecule has 2 amide bonds. The first kappa shape index (κ1) is 22.2. The Labute approximate surface area is 192 Å². The summed E-state index contributed by atoms with van der Waals surface area (Å²) in [4.78, 5) is 32.2. The minimum Gasteiger partial charge on any atom is -0.329 e. The van der Waals surface area contributed by atoms with E-state index in [1.54, 1.807) is 28.4 Å². The molecule has 0 fully saturated rings. The van der Waals surface area contributed by atoms with Gasteiger partial charge in [-0.05, 0) is 60.2 Å². The second kappa shape index (κ2) is 9.25. The molecule has 32 heavy (non-hydrogen) atoms. The van der Waals surface area contributed by atoms with E-state index in [1.807, 2.05) is 53.6 Å². The quantitative estimate of drug-likeness (QED) is 0.471. The Morgan fingerprint density at radius 3 is 2.44 bits per heavy atom. The van der Waals surface area contributed by atoms with Gasteiger partial charge in [-0.1, -0.05) is 38.1 Å². The van der Waals surface area contributed by atoms with Gasteiger partial charge in [0.05, 0.1) is 12.0 Å². The molecule has 2 aromatic carbocycles. The molecule has 1 aliphatic rings. The van der Waals surface area contributed by atoms with Crippen LogP contribution in [0.25, 0.3) is 0 Å². The number of carbonyl (C=O) groups excluding carboxylic acids is 2. The number of thiophene rings is 1. The molecule has 0 saturated carbocycles.